The Kier molecular flexibility index (Phi) is 2.26. The van der Waals surface area contributed by atoms with Gasteiger partial charge in [-0.2, -0.15) is 0 Å². The van der Waals surface area contributed by atoms with Crippen LogP contribution in [0.1, 0.15) is 18.4 Å². The van der Waals surface area contributed by atoms with Crippen LogP contribution in [0.25, 0.3) is 0 Å². The minimum atomic E-state index is -0.0953. The Bertz CT molecular complexity index is 332. The summed E-state index contributed by atoms with van der Waals surface area (Å²) in [6, 6.07) is 5.41. The van der Waals surface area contributed by atoms with Crippen molar-refractivity contribution in [2.45, 2.75) is 18.3 Å². The molecule has 1 nitrogen and oxygen atoms in total. The van der Waals surface area contributed by atoms with Crippen LogP contribution < -0.4 is 0 Å². The Morgan fingerprint density at radius 1 is 1.31 bits per heavy atom. The number of halogens is 2. The van der Waals surface area contributed by atoms with Gasteiger partial charge < -0.3 is 5.11 Å². The number of hydrogen-bond acceptors (Lipinski definition) is 1. The van der Waals surface area contributed by atoms with E-state index in [-0.39, 0.29) is 12.0 Å². The number of hydrogen-bond donors (Lipinski definition) is 1. The van der Waals surface area contributed by atoms with Gasteiger partial charge >= 0.3 is 0 Å². The van der Waals surface area contributed by atoms with Gasteiger partial charge in [0.15, 0.2) is 0 Å². The molecule has 0 unspecified atom stereocenters. The Labute approximate surface area is 87.3 Å². The van der Waals surface area contributed by atoms with Crippen LogP contribution in [0.15, 0.2) is 18.2 Å². The van der Waals surface area contributed by atoms with Crippen molar-refractivity contribution in [2.75, 3.05) is 6.61 Å². The predicted octanol–water partition coefficient (Wildman–Crippen LogP) is 3.02. The molecule has 0 aromatic heterocycles. The molecule has 1 N–H and O–H groups in total. The number of benzene rings is 1. The maximum Gasteiger partial charge on any atom is 0.0528 e. The molecule has 1 aromatic carbocycles. The Balaban J connectivity index is 2.44. The highest BCUT2D eigenvalue weighted by atomic mass is 35.5. The van der Waals surface area contributed by atoms with Crippen LogP contribution in [0.5, 0.6) is 0 Å². The number of aliphatic hydroxyl groups is 1. The molecule has 0 saturated heterocycles. The van der Waals surface area contributed by atoms with E-state index in [1.54, 1.807) is 12.1 Å². The number of rotatable bonds is 2. The van der Waals surface area contributed by atoms with Gasteiger partial charge in [-0.15, -0.1) is 0 Å². The minimum Gasteiger partial charge on any atom is -0.395 e. The monoisotopic (exact) mass is 216 g/mol. The van der Waals surface area contributed by atoms with Crippen molar-refractivity contribution in [3.63, 3.8) is 0 Å². The van der Waals surface area contributed by atoms with E-state index in [9.17, 15) is 5.11 Å². The van der Waals surface area contributed by atoms with Crippen molar-refractivity contribution < 1.29 is 5.11 Å². The molecule has 1 aromatic rings. The largest absolute Gasteiger partial charge is 0.395 e. The van der Waals surface area contributed by atoms with Crippen molar-refractivity contribution in [1.29, 1.82) is 0 Å². The summed E-state index contributed by atoms with van der Waals surface area (Å²) >= 11 is 11.9. The molecule has 13 heavy (non-hydrogen) atoms. The molecular weight excluding hydrogens is 207 g/mol. The van der Waals surface area contributed by atoms with Gasteiger partial charge in [0, 0.05) is 15.5 Å². The quantitative estimate of drug-likeness (QED) is 0.807. The van der Waals surface area contributed by atoms with Crippen LogP contribution >= 0.6 is 23.2 Å². The molecule has 1 fully saturated rings. The van der Waals surface area contributed by atoms with Gasteiger partial charge in [-0.1, -0.05) is 23.2 Å². The van der Waals surface area contributed by atoms with Gasteiger partial charge in [0.25, 0.3) is 0 Å². The fourth-order valence-electron chi connectivity index (χ4n) is 1.57. The summed E-state index contributed by atoms with van der Waals surface area (Å²) in [5.41, 5.74) is 0.895. The first-order valence-corrected chi connectivity index (χ1v) is 5.00. The first kappa shape index (κ1) is 9.32. The lowest BCUT2D eigenvalue weighted by Gasteiger charge is -2.13. The summed E-state index contributed by atoms with van der Waals surface area (Å²) in [4.78, 5) is 0. The molecule has 0 atom stereocenters. The second kappa shape index (κ2) is 3.16. The minimum absolute atomic E-state index is 0.0953. The highest BCUT2D eigenvalue weighted by Crippen LogP contribution is 2.50. The summed E-state index contributed by atoms with van der Waals surface area (Å²) < 4.78 is 0. The second-order valence-electron chi connectivity index (χ2n) is 3.56. The lowest BCUT2D eigenvalue weighted by molar-refractivity contribution is 0.255. The van der Waals surface area contributed by atoms with Crippen LogP contribution in [0.3, 0.4) is 0 Å². The summed E-state index contributed by atoms with van der Waals surface area (Å²) in [6.45, 7) is 0.160. The average molecular weight is 217 g/mol. The highest BCUT2D eigenvalue weighted by molar-refractivity contribution is 6.33. The molecule has 0 radical (unpaired) electrons. The lowest BCUT2D eigenvalue weighted by atomic mass is 9.97. The summed E-state index contributed by atoms with van der Waals surface area (Å²) in [5, 5.41) is 10.6. The van der Waals surface area contributed by atoms with E-state index in [4.69, 9.17) is 23.2 Å². The van der Waals surface area contributed by atoms with Gasteiger partial charge in [0.1, 0.15) is 0 Å². The topological polar surface area (TPSA) is 20.2 Å². The molecule has 0 spiro atoms. The maximum atomic E-state index is 9.22. The van der Waals surface area contributed by atoms with Crippen LogP contribution in [-0.2, 0) is 5.41 Å². The SMILES string of the molecule is OCC1(c2cc(Cl)ccc2Cl)CC1. The van der Waals surface area contributed by atoms with E-state index in [1.807, 2.05) is 6.07 Å². The van der Waals surface area contributed by atoms with Crippen LogP contribution in [0.4, 0.5) is 0 Å². The third-order valence-electron chi connectivity index (χ3n) is 2.66. The van der Waals surface area contributed by atoms with E-state index in [0.717, 1.165) is 18.4 Å². The molecule has 0 aliphatic heterocycles. The van der Waals surface area contributed by atoms with Gasteiger partial charge in [-0.25, -0.2) is 0 Å². The van der Waals surface area contributed by atoms with Gasteiger partial charge in [0.05, 0.1) is 6.61 Å². The van der Waals surface area contributed by atoms with Crippen molar-refractivity contribution in [1.82, 2.24) is 0 Å². The van der Waals surface area contributed by atoms with Crippen molar-refractivity contribution in [3.05, 3.63) is 33.8 Å². The molecule has 0 bridgehead atoms. The fraction of sp³-hybridized carbons (Fsp3) is 0.400. The van der Waals surface area contributed by atoms with Gasteiger partial charge in [0.2, 0.25) is 0 Å². The molecule has 1 aliphatic rings. The normalized spacial score (nSPS) is 18.7. The van der Waals surface area contributed by atoms with E-state index in [1.165, 1.54) is 0 Å². The number of aliphatic hydroxyl groups excluding tert-OH is 1. The van der Waals surface area contributed by atoms with Crippen molar-refractivity contribution >= 4 is 23.2 Å². The molecule has 1 aliphatic carbocycles. The standard InChI is InChI=1S/C10H10Cl2O/c11-7-1-2-9(12)8(5-7)10(6-13)3-4-10/h1-2,5,13H,3-4,6H2. The van der Waals surface area contributed by atoms with Crippen LogP contribution in [-0.4, -0.2) is 11.7 Å². The lowest BCUT2D eigenvalue weighted by Crippen LogP contribution is -2.12. The summed E-state index contributed by atoms with van der Waals surface area (Å²) in [6.07, 6.45) is 2.01. The maximum absolute atomic E-state index is 9.22. The van der Waals surface area contributed by atoms with Crippen LogP contribution in [0.2, 0.25) is 10.0 Å². The second-order valence-corrected chi connectivity index (χ2v) is 4.41. The zero-order valence-electron chi connectivity index (χ0n) is 7.06. The summed E-state index contributed by atoms with van der Waals surface area (Å²) in [5.74, 6) is 0. The molecule has 0 amide bonds. The molecular formula is C10H10Cl2O. The van der Waals surface area contributed by atoms with E-state index < -0.39 is 0 Å². The first-order valence-electron chi connectivity index (χ1n) is 4.24. The van der Waals surface area contributed by atoms with E-state index in [2.05, 4.69) is 0 Å². The first-order chi connectivity index (χ1) is 6.18. The molecule has 70 valence electrons. The molecule has 2 rings (SSSR count). The zero-order chi connectivity index (χ0) is 9.47. The smallest absolute Gasteiger partial charge is 0.0528 e. The van der Waals surface area contributed by atoms with Crippen molar-refractivity contribution in [2.24, 2.45) is 0 Å². The van der Waals surface area contributed by atoms with Gasteiger partial charge in [-0.3, -0.25) is 0 Å². The fourth-order valence-corrected chi connectivity index (χ4v) is 2.06. The molecule has 1 saturated carbocycles. The Morgan fingerprint density at radius 2 is 2.00 bits per heavy atom. The predicted molar refractivity (Wildman–Crippen MR) is 54.5 cm³/mol. The van der Waals surface area contributed by atoms with Gasteiger partial charge in [-0.05, 0) is 36.6 Å². The van der Waals surface area contributed by atoms with Crippen molar-refractivity contribution in [3.8, 4) is 0 Å². The Hall–Kier alpha value is -0.240. The van der Waals surface area contributed by atoms with Crippen LogP contribution in [0, 0.1) is 0 Å². The highest BCUT2D eigenvalue weighted by Gasteiger charge is 2.44. The zero-order valence-corrected chi connectivity index (χ0v) is 8.57. The third-order valence-corrected chi connectivity index (χ3v) is 3.22. The third kappa shape index (κ3) is 1.56. The summed E-state index contributed by atoms with van der Waals surface area (Å²) in [7, 11) is 0. The average Bonchev–Trinajstić information content (AvgIpc) is 2.90. The Morgan fingerprint density at radius 3 is 2.54 bits per heavy atom. The van der Waals surface area contributed by atoms with E-state index in [0.29, 0.717) is 10.0 Å². The van der Waals surface area contributed by atoms with E-state index >= 15 is 0 Å². The molecule has 3 heteroatoms. The molecule has 0 heterocycles.